The molecule has 2 heterocycles. The second-order valence-electron chi connectivity index (χ2n) is 7.38. The number of aliphatic hydroxyl groups excluding tert-OH is 1. The third-order valence-electron chi connectivity index (χ3n) is 5.13. The molecule has 0 radical (unpaired) electrons. The highest BCUT2D eigenvalue weighted by Crippen LogP contribution is 2.30. The summed E-state index contributed by atoms with van der Waals surface area (Å²) in [5.74, 6) is 1.01. The van der Waals surface area contributed by atoms with Gasteiger partial charge in [0, 0.05) is 25.1 Å². The Labute approximate surface area is 149 Å². The fourth-order valence-electron chi connectivity index (χ4n) is 3.90. The SMILES string of the molecule is CC(C)Oc1ccc(CC(=O)N2CCC[C@@H]2[C@H]2COCC[C@@H]2O)cc1. The maximum absolute atomic E-state index is 12.8. The zero-order valence-corrected chi connectivity index (χ0v) is 15.2. The third-order valence-corrected chi connectivity index (χ3v) is 5.13. The average molecular weight is 347 g/mol. The Morgan fingerprint density at radius 3 is 2.76 bits per heavy atom. The Morgan fingerprint density at radius 1 is 1.32 bits per heavy atom. The van der Waals surface area contributed by atoms with Crippen LogP contribution in [0.25, 0.3) is 0 Å². The van der Waals surface area contributed by atoms with Gasteiger partial charge >= 0.3 is 0 Å². The molecular formula is C20H29NO4. The van der Waals surface area contributed by atoms with Crippen molar-refractivity contribution < 1.29 is 19.4 Å². The van der Waals surface area contributed by atoms with Crippen LogP contribution in [0.3, 0.4) is 0 Å². The molecule has 0 aliphatic carbocycles. The number of hydrogen-bond acceptors (Lipinski definition) is 4. The number of likely N-dealkylation sites (tertiary alicyclic amines) is 1. The normalized spacial score (nSPS) is 26.9. The van der Waals surface area contributed by atoms with E-state index in [2.05, 4.69) is 0 Å². The maximum Gasteiger partial charge on any atom is 0.227 e. The van der Waals surface area contributed by atoms with E-state index in [4.69, 9.17) is 9.47 Å². The quantitative estimate of drug-likeness (QED) is 0.889. The summed E-state index contributed by atoms with van der Waals surface area (Å²) in [5.41, 5.74) is 0.993. The van der Waals surface area contributed by atoms with Crippen LogP contribution < -0.4 is 4.74 Å². The van der Waals surface area contributed by atoms with Crippen molar-refractivity contribution in [3.8, 4) is 5.75 Å². The lowest BCUT2D eigenvalue weighted by Crippen LogP contribution is -2.48. The summed E-state index contributed by atoms with van der Waals surface area (Å²) in [6.45, 7) is 5.93. The van der Waals surface area contributed by atoms with E-state index in [0.717, 1.165) is 30.7 Å². The van der Waals surface area contributed by atoms with Crippen molar-refractivity contribution in [3.05, 3.63) is 29.8 Å². The monoisotopic (exact) mass is 347 g/mol. The number of carbonyl (C=O) groups is 1. The van der Waals surface area contributed by atoms with E-state index in [1.807, 2.05) is 43.0 Å². The minimum absolute atomic E-state index is 0.0435. The Balaban J connectivity index is 1.61. The van der Waals surface area contributed by atoms with Crippen molar-refractivity contribution in [2.75, 3.05) is 19.8 Å². The van der Waals surface area contributed by atoms with E-state index in [1.54, 1.807) is 0 Å². The van der Waals surface area contributed by atoms with Crippen molar-refractivity contribution in [3.63, 3.8) is 0 Å². The first-order chi connectivity index (χ1) is 12.0. The molecule has 25 heavy (non-hydrogen) atoms. The molecule has 0 unspecified atom stereocenters. The van der Waals surface area contributed by atoms with E-state index in [9.17, 15) is 9.90 Å². The zero-order chi connectivity index (χ0) is 17.8. The highest BCUT2D eigenvalue weighted by Gasteiger charge is 2.39. The van der Waals surface area contributed by atoms with Gasteiger partial charge in [0.25, 0.3) is 0 Å². The molecule has 0 aromatic heterocycles. The Bertz CT molecular complexity index is 572. The molecule has 2 aliphatic rings. The number of benzene rings is 1. The lowest BCUT2D eigenvalue weighted by atomic mass is 9.89. The van der Waals surface area contributed by atoms with Crippen LogP contribution in [-0.4, -0.2) is 53.9 Å². The van der Waals surface area contributed by atoms with Gasteiger partial charge in [-0.1, -0.05) is 12.1 Å². The topological polar surface area (TPSA) is 59.0 Å². The molecule has 1 N–H and O–H groups in total. The number of amides is 1. The lowest BCUT2D eigenvalue weighted by molar-refractivity contribution is -0.135. The summed E-state index contributed by atoms with van der Waals surface area (Å²) in [6.07, 6.45) is 2.79. The number of rotatable bonds is 5. The van der Waals surface area contributed by atoms with Crippen LogP contribution in [0, 0.1) is 5.92 Å². The molecule has 3 rings (SSSR count). The summed E-state index contributed by atoms with van der Waals surface area (Å²) in [7, 11) is 0. The van der Waals surface area contributed by atoms with Gasteiger partial charge < -0.3 is 19.5 Å². The highest BCUT2D eigenvalue weighted by molar-refractivity contribution is 5.79. The van der Waals surface area contributed by atoms with Gasteiger partial charge in [-0.05, 0) is 50.8 Å². The van der Waals surface area contributed by atoms with Gasteiger partial charge in [-0.25, -0.2) is 0 Å². The minimum atomic E-state index is -0.361. The first kappa shape index (κ1) is 18.2. The number of aliphatic hydroxyl groups is 1. The minimum Gasteiger partial charge on any atom is -0.491 e. The smallest absolute Gasteiger partial charge is 0.227 e. The van der Waals surface area contributed by atoms with Crippen LogP contribution in [0.4, 0.5) is 0 Å². The molecule has 1 aromatic carbocycles. The van der Waals surface area contributed by atoms with E-state index < -0.39 is 0 Å². The fourth-order valence-corrected chi connectivity index (χ4v) is 3.90. The van der Waals surface area contributed by atoms with Crippen molar-refractivity contribution in [2.45, 2.75) is 57.8 Å². The van der Waals surface area contributed by atoms with Gasteiger partial charge in [0.15, 0.2) is 0 Å². The van der Waals surface area contributed by atoms with E-state index in [1.165, 1.54) is 0 Å². The van der Waals surface area contributed by atoms with Crippen LogP contribution in [0.2, 0.25) is 0 Å². The molecule has 3 atom stereocenters. The summed E-state index contributed by atoms with van der Waals surface area (Å²) in [4.78, 5) is 14.8. The average Bonchev–Trinajstić information content (AvgIpc) is 3.06. The van der Waals surface area contributed by atoms with Crippen LogP contribution in [-0.2, 0) is 16.0 Å². The van der Waals surface area contributed by atoms with Gasteiger partial charge in [-0.15, -0.1) is 0 Å². The molecule has 138 valence electrons. The van der Waals surface area contributed by atoms with Gasteiger partial charge in [0.05, 0.1) is 25.2 Å². The summed E-state index contributed by atoms with van der Waals surface area (Å²) in [5, 5.41) is 10.3. The molecule has 2 saturated heterocycles. The van der Waals surface area contributed by atoms with Crippen LogP contribution >= 0.6 is 0 Å². The summed E-state index contributed by atoms with van der Waals surface area (Å²) < 4.78 is 11.2. The standard InChI is InChI=1S/C20H29NO4/c1-14(2)25-16-7-5-15(6-8-16)12-20(23)21-10-3-4-18(21)17-13-24-11-9-19(17)22/h5-8,14,17-19,22H,3-4,9-13H2,1-2H3/t17-,18-,19+/m1/s1. The van der Waals surface area contributed by atoms with Gasteiger partial charge in [-0.3, -0.25) is 4.79 Å². The van der Waals surface area contributed by atoms with E-state index in [0.29, 0.717) is 26.1 Å². The molecule has 1 aromatic rings. The Hall–Kier alpha value is -1.59. The molecular weight excluding hydrogens is 318 g/mol. The summed E-state index contributed by atoms with van der Waals surface area (Å²) >= 11 is 0. The maximum atomic E-state index is 12.8. The largest absolute Gasteiger partial charge is 0.491 e. The molecule has 5 heteroatoms. The van der Waals surface area contributed by atoms with E-state index >= 15 is 0 Å². The van der Waals surface area contributed by atoms with Gasteiger partial charge in [0.2, 0.25) is 5.91 Å². The van der Waals surface area contributed by atoms with Gasteiger partial charge in [-0.2, -0.15) is 0 Å². The zero-order valence-electron chi connectivity index (χ0n) is 15.2. The first-order valence-corrected chi connectivity index (χ1v) is 9.35. The van der Waals surface area contributed by atoms with Crippen LogP contribution in [0.15, 0.2) is 24.3 Å². The number of nitrogens with zero attached hydrogens (tertiary/aromatic N) is 1. The van der Waals surface area contributed by atoms with E-state index in [-0.39, 0.29) is 30.1 Å². The number of carbonyl (C=O) groups excluding carboxylic acids is 1. The Morgan fingerprint density at radius 2 is 2.08 bits per heavy atom. The molecule has 0 bridgehead atoms. The highest BCUT2D eigenvalue weighted by atomic mass is 16.5. The lowest BCUT2D eigenvalue weighted by Gasteiger charge is -2.37. The second-order valence-corrected chi connectivity index (χ2v) is 7.38. The fraction of sp³-hybridized carbons (Fsp3) is 0.650. The van der Waals surface area contributed by atoms with Crippen LogP contribution in [0.5, 0.6) is 5.75 Å². The molecule has 2 aliphatic heterocycles. The molecule has 2 fully saturated rings. The molecule has 0 spiro atoms. The van der Waals surface area contributed by atoms with Crippen LogP contribution in [0.1, 0.15) is 38.7 Å². The van der Waals surface area contributed by atoms with Crippen molar-refractivity contribution in [2.24, 2.45) is 5.92 Å². The third kappa shape index (κ3) is 4.53. The van der Waals surface area contributed by atoms with Crippen molar-refractivity contribution in [1.29, 1.82) is 0 Å². The predicted molar refractivity (Wildman–Crippen MR) is 95.6 cm³/mol. The Kier molecular flexibility index (Phi) is 5.97. The predicted octanol–water partition coefficient (Wildman–Crippen LogP) is 2.40. The number of ether oxygens (including phenoxy) is 2. The van der Waals surface area contributed by atoms with Crippen molar-refractivity contribution >= 4 is 5.91 Å². The van der Waals surface area contributed by atoms with Gasteiger partial charge in [0.1, 0.15) is 5.75 Å². The van der Waals surface area contributed by atoms with Crippen molar-refractivity contribution in [1.82, 2.24) is 4.90 Å². The summed E-state index contributed by atoms with van der Waals surface area (Å²) in [6, 6.07) is 7.86. The first-order valence-electron chi connectivity index (χ1n) is 9.35. The molecule has 1 amide bonds. The molecule has 5 nitrogen and oxygen atoms in total. The molecule has 0 saturated carbocycles. The second kappa shape index (κ2) is 8.19. The number of hydrogen-bond donors (Lipinski definition) is 1.